The summed E-state index contributed by atoms with van der Waals surface area (Å²) in [6, 6.07) is 8.16. The maximum Gasteiger partial charge on any atom is 0.227 e. The second kappa shape index (κ2) is 8.34. The van der Waals surface area contributed by atoms with E-state index in [0.717, 1.165) is 36.7 Å². The fourth-order valence-electron chi connectivity index (χ4n) is 2.58. The molecule has 1 heterocycles. The standard InChI is InChI=1S/C19H31N5O/c1-19(2,23(4)5)14-22-18(20-3)21-13-15-8-10-16(11-9-15)24-12-6-7-17(24)25/h8-11H,6-7,12-14H2,1-5H3,(H2,20,21,22). The van der Waals surface area contributed by atoms with Crippen molar-refractivity contribution in [2.45, 2.75) is 38.8 Å². The molecule has 1 aliphatic rings. The number of nitrogens with one attached hydrogen (secondary N) is 2. The molecule has 0 bridgehead atoms. The number of amides is 1. The van der Waals surface area contributed by atoms with E-state index in [2.05, 4.69) is 60.6 Å². The van der Waals surface area contributed by atoms with E-state index >= 15 is 0 Å². The third-order valence-corrected chi connectivity index (χ3v) is 4.90. The number of hydrogen-bond acceptors (Lipinski definition) is 3. The topological polar surface area (TPSA) is 60.0 Å². The second-order valence-electron chi connectivity index (χ2n) is 7.30. The first-order valence-corrected chi connectivity index (χ1v) is 8.85. The Kier molecular flexibility index (Phi) is 6.42. The SMILES string of the molecule is CN=C(NCc1ccc(N2CCCC2=O)cc1)NCC(C)(C)N(C)C. The first-order valence-electron chi connectivity index (χ1n) is 8.85. The van der Waals surface area contributed by atoms with Gasteiger partial charge in [-0.25, -0.2) is 0 Å². The van der Waals surface area contributed by atoms with E-state index in [0.29, 0.717) is 13.0 Å². The summed E-state index contributed by atoms with van der Waals surface area (Å²) in [5.41, 5.74) is 2.19. The van der Waals surface area contributed by atoms with Crippen LogP contribution in [0, 0.1) is 0 Å². The highest BCUT2D eigenvalue weighted by atomic mass is 16.2. The van der Waals surface area contributed by atoms with Crippen LogP contribution >= 0.6 is 0 Å². The monoisotopic (exact) mass is 345 g/mol. The van der Waals surface area contributed by atoms with Gasteiger partial charge in [-0.05, 0) is 52.1 Å². The Hall–Kier alpha value is -2.08. The van der Waals surface area contributed by atoms with Crippen molar-refractivity contribution >= 4 is 17.6 Å². The molecule has 0 radical (unpaired) electrons. The van der Waals surface area contributed by atoms with Crippen molar-refractivity contribution in [1.82, 2.24) is 15.5 Å². The summed E-state index contributed by atoms with van der Waals surface area (Å²) in [5, 5.41) is 6.70. The highest BCUT2D eigenvalue weighted by molar-refractivity contribution is 5.95. The van der Waals surface area contributed by atoms with Crippen LogP contribution in [0.1, 0.15) is 32.3 Å². The predicted octanol–water partition coefficient (Wildman–Crippen LogP) is 1.82. The van der Waals surface area contributed by atoms with E-state index < -0.39 is 0 Å². The maximum absolute atomic E-state index is 11.8. The Balaban J connectivity index is 1.86. The zero-order chi connectivity index (χ0) is 18.4. The number of nitrogens with zero attached hydrogens (tertiary/aromatic N) is 3. The number of rotatable bonds is 6. The summed E-state index contributed by atoms with van der Waals surface area (Å²) < 4.78 is 0. The first kappa shape index (κ1) is 19.2. The van der Waals surface area contributed by atoms with E-state index in [9.17, 15) is 4.79 Å². The van der Waals surface area contributed by atoms with Crippen molar-refractivity contribution in [2.24, 2.45) is 4.99 Å². The Morgan fingerprint density at radius 2 is 1.92 bits per heavy atom. The van der Waals surface area contributed by atoms with Crippen molar-refractivity contribution < 1.29 is 4.79 Å². The van der Waals surface area contributed by atoms with Gasteiger partial charge >= 0.3 is 0 Å². The highest BCUT2D eigenvalue weighted by Crippen LogP contribution is 2.21. The fourth-order valence-corrected chi connectivity index (χ4v) is 2.58. The van der Waals surface area contributed by atoms with Crippen LogP contribution in [0.2, 0.25) is 0 Å². The molecule has 6 heteroatoms. The van der Waals surface area contributed by atoms with Gasteiger partial charge in [-0.1, -0.05) is 12.1 Å². The number of carbonyl (C=O) groups excluding carboxylic acids is 1. The van der Waals surface area contributed by atoms with E-state index in [4.69, 9.17) is 0 Å². The summed E-state index contributed by atoms with van der Waals surface area (Å²) in [6.07, 6.45) is 1.61. The largest absolute Gasteiger partial charge is 0.355 e. The molecule has 6 nitrogen and oxygen atoms in total. The third-order valence-electron chi connectivity index (χ3n) is 4.90. The Morgan fingerprint density at radius 3 is 2.44 bits per heavy atom. The average Bonchev–Trinajstić information content (AvgIpc) is 3.01. The van der Waals surface area contributed by atoms with Gasteiger partial charge in [0.2, 0.25) is 5.91 Å². The Bertz CT molecular complexity index is 607. The van der Waals surface area contributed by atoms with Gasteiger partial charge in [0.15, 0.2) is 5.96 Å². The minimum absolute atomic E-state index is 0.0432. The molecule has 1 aliphatic heterocycles. The number of guanidine groups is 1. The summed E-state index contributed by atoms with van der Waals surface area (Å²) in [5.74, 6) is 1.01. The zero-order valence-corrected chi connectivity index (χ0v) is 16.1. The van der Waals surface area contributed by atoms with Crippen LogP contribution in [0.5, 0.6) is 0 Å². The summed E-state index contributed by atoms with van der Waals surface area (Å²) in [4.78, 5) is 20.1. The Morgan fingerprint density at radius 1 is 1.24 bits per heavy atom. The number of hydrogen-bond donors (Lipinski definition) is 2. The molecule has 1 aromatic carbocycles. The summed E-state index contributed by atoms with van der Waals surface area (Å²) in [7, 11) is 5.93. The van der Waals surface area contributed by atoms with Gasteiger partial charge in [0.1, 0.15) is 0 Å². The third kappa shape index (κ3) is 5.19. The fraction of sp³-hybridized carbons (Fsp3) is 0.579. The number of benzene rings is 1. The molecule has 2 rings (SSSR count). The second-order valence-corrected chi connectivity index (χ2v) is 7.30. The van der Waals surface area contributed by atoms with Crippen molar-refractivity contribution in [3.8, 4) is 0 Å². The number of likely N-dealkylation sites (N-methyl/N-ethyl adjacent to an activating group) is 1. The molecule has 0 unspecified atom stereocenters. The predicted molar refractivity (Wildman–Crippen MR) is 104 cm³/mol. The number of aliphatic imine (C=N–C) groups is 1. The van der Waals surface area contributed by atoms with Gasteiger partial charge in [-0.2, -0.15) is 0 Å². The first-order chi connectivity index (χ1) is 11.8. The molecule has 0 atom stereocenters. The molecule has 138 valence electrons. The normalized spacial score (nSPS) is 15.8. The van der Waals surface area contributed by atoms with Crippen LogP contribution in [0.3, 0.4) is 0 Å². The molecule has 1 amide bonds. The van der Waals surface area contributed by atoms with Crippen molar-refractivity contribution in [1.29, 1.82) is 0 Å². The van der Waals surface area contributed by atoms with Crippen LogP contribution in [-0.2, 0) is 11.3 Å². The van der Waals surface area contributed by atoms with E-state index in [1.807, 2.05) is 17.0 Å². The molecule has 0 aromatic heterocycles. The van der Waals surface area contributed by atoms with Crippen LogP contribution in [0.4, 0.5) is 5.69 Å². The van der Waals surface area contributed by atoms with Crippen molar-refractivity contribution in [3.63, 3.8) is 0 Å². The minimum Gasteiger partial charge on any atom is -0.355 e. The lowest BCUT2D eigenvalue weighted by atomic mass is 10.0. The molecular formula is C19H31N5O. The van der Waals surface area contributed by atoms with Crippen molar-refractivity contribution in [3.05, 3.63) is 29.8 Å². The number of anilines is 1. The highest BCUT2D eigenvalue weighted by Gasteiger charge is 2.22. The van der Waals surface area contributed by atoms with E-state index in [1.54, 1.807) is 7.05 Å². The molecular weight excluding hydrogens is 314 g/mol. The van der Waals surface area contributed by atoms with Crippen molar-refractivity contribution in [2.75, 3.05) is 39.1 Å². The van der Waals surface area contributed by atoms with E-state index in [1.165, 1.54) is 0 Å². The quantitative estimate of drug-likeness (QED) is 0.610. The van der Waals surface area contributed by atoms with Gasteiger partial charge in [-0.15, -0.1) is 0 Å². The lowest BCUT2D eigenvalue weighted by Crippen LogP contribution is -2.50. The van der Waals surface area contributed by atoms with E-state index in [-0.39, 0.29) is 11.4 Å². The molecule has 25 heavy (non-hydrogen) atoms. The zero-order valence-electron chi connectivity index (χ0n) is 16.1. The average molecular weight is 345 g/mol. The van der Waals surface area contributed by atoms with Crippen LogP contribution in [0.25, 0.3) is 0 Å². The van der Waals surface area contributed by atoms with Gasteiger partial charge in [0.25, 0.3) is 0 Å². The lowest BCUT2D eigenvalue weighted by Gasteiger charge is -2.33. The van der Waals surface area contributed by atoms with Gasteiger partial charge in [-0.3, -0.25) is 9.79 Å². The smallest absolute Gasteiger partial charge is 0.227 e. The van der Waals surface area contributed by atoms with Gasteiger partial charge in [0, 0.05) is 44.3 Å². The maximum atomic E-state index is 11.8. The summed E-state index contributed by atoms with van der Waals surface area (Å²) >= 11 is 0. The molecule has 1 aromatic rings. The van der Waals surface area contributed by atoms with Crippen LogP contribution < -0.4 is 15.5 Å². The lowest BCUT2D eigenvalue weighted by molar-refractivity contribution is -0.117. The molecule has 0 aliphatic carbocycles. The van der Waals surface area contributed by atoms with Crippen LogP contribution in [0.15, 0.2) is 29.3 Å². The molecule has 1 saturated heterocycles. The molecule has 1 fully saturated rings. The van der Waals surface area contributed by atoms with Crippen LogP contribution in [-0.4, -0.2) is 56.5 Å². The summed E-state index contributed by atoms with van der Waals surface area (Å²) in [6.45, 7) is 6.69. The number of carbonyl (C=O) groups is 1. The molecule has 2 N–H and O–H groups in total. The molecule has 0 saturated carbocycles. The van der Waals surface area contributed by atoms with Gasteiger partial charge in [0.05, 0.1) is 0 Å². The minimum atomic E-state index is 0.0432. The Labute approximate surface area is 151 Å². The van der Waals surface area contributed by atoms with Gasteiger partial charge < -0.3 is 20.4 Å². The molecule has 0 spiro atoms.